The van der Waals surface area contributed by atoms with Crippen LogP contribution in [-0.4, -0.2) is 33.1 Å². The second-order valence-corrected chi connectivity index (χ2v) is 8.18. The molecule has 154 valence electrons. The number of hydrogen-bond acceptors (Lipinski definition) is 6. The van der Waals surface area contributed by atoms with Crippen LogP contribution in [0.1, 0.15) is 31.2 Å². The first kappa shape index (κ1) is 21.5. The fourth-order valence-corrected chi connectivity index (χ4v) is 4.17. The minimum absolute atomic E-state index is 0.113. The number of halogens is 2. The molecule has 10 heteroatoms. The van der Waals surface area contributed by atoms with Gasteiger partial charge >= 0.3 is 0 Å². The van der Waals surface area contributed by atoms with Gasteiger partial charge in [0.25, 0.3) is 0 Å². The van der Waals surface area contributed by atoms with Crippen LogP contribution in [0.5, 0.6) is 0 Å². The van der Waals surface area contributed by atoms with Gasteiger partial charge in [0.1, 0.15) is 0 Å². The molecule has 0 aliphatic heterocycles. The predicted octanol–water partition coefficient (Wildman–Crippen LogP) is 4.35. The van der Waals surface area contributed by atoms with Crippen molar-refractivity contribution in [2.75, 3.05) is 18.1 Å². The number of nitrogen functional groups attached to an aromatic ring is 1. The molecule has 2 aromatic heterocycles. The van der Waals surface area contributed by atoms with Gasteiger partial charge in [-0.25, -0.2) is 4.68 Å². The van der Waals surface area contributed by atoms with Gasteiger partial charge in [-0.2, -0.15) is 0 Å². The van der Waals surface area contributed by atoms with Crippen LogP contribution in [0.4, 0.5) is 0 Å². The standard InChI is InChI=1S/C19H21Cl2N5O2S/c1-2-4-12(14-7-6-13(20)9-15(14)21)10-23-17(27)11-29-19-25-24-18(26(19)22)16-5-3-8-28-16/h3,5-9,12H,2,4,10-11,22H2,1H3,(H,23,27)/t12-/m0/s1. The van der Waals surface area contributed by atoms with Gasteiger partial charge in [0, 0.05) is 22.5 Å². The van der Waals surface area contributed by atoms with E-state index in [2.05, 4.69) is 22.4 Å². The zero-order valence-corrected chi connectivity index (χ0v) is 18.1. The van der Waals surface area contributed by atoms with Crippen LogP contribution in [0.3, 0.4) is 0 Å². The lowest BCUT2D eigenvalue weighted by atomic mass is 9.94. The first-order valence-corrected chi connectivity index (χ1v) is 10.8. The highest BCUT2D eigenvalue weighted by Crippen LogP contribution is 2.30. The number of rotatable bonds is 9. The summed E-state index contributed by atoms with van der Waals surface area (Å²) in [6.07, 6.45) is 3.41. The Balaban J connectivity index is 1.56. The Morgan fingerprint density at radius 1 is 1.34 bits per heavy atom. The van der Waals surface area contributed by atoms with Crippen LogP contribution in [0.2, 0.25) is 10.0 Å². The Hall–Kier alpha value is -2.16. The van der Waals surface area contributed by atoms with E-state index in [-0.39, 0.29) is 17.6 Å². The number of thioether (sulfide) groups is 1. The summed E-state index contributed by atoms with van der Waals surface area (Å²) >= 11 is 13.5. The van der Waals surface area contributed by atoms with Crippen molar-refractivity contribution in [1.29, 1.82) is 0 Å². The quantitative estimate of drug-likeness (QED) is 0.369. The van der Waals surface area contributed by atoms with Crippen LogP contribution >= 0.6 is 35.0 Å². The molecule has 29 heavy (non-hydrogen) atoms. The fraction of sp³-hybridized carbons (Fsp3) is 0.316. The normalized spacial score (nSPS) is 12.1. The zero-order valence-electron chi connectivity index (χ0n) is 15.8. The molecule has 3 N–H and O–H groups in total. The summed E-state index contributed by atoms with van der Waals surface area (Å²) in [6, 6.07) is 8.93. The summed E-state index contributed by atoms with van der Waals surface area (Å²) in [7, 11) is 0. The number of nitrogens with one attached hydrogen (secondary N) is 1. The monoisotopic (exact) mass is 453 g/mol. The van der Waals surface area contributed by atoms with Gasteiger partial charge in [-0.1, -0.05) is 54.4 Å². The van der Waals surface area contributed by atoms with E-state index < -0.39 is 0 Å². The third kappa shape index (κ3) is 5.46. The van der Waals surface area contributed by atoms with Crippen molar-refractivity contribution < 1.29 is 9.21 Å². The number of nitrogens with zero attached hydrogens (tertiary/aromatic N) is 3. The molecule has 0 bridgehead atoms. The Morgan fingerprint density at radius 2 is 2.17 bits per heavy atom. The molecule has 2 heterocycles. The molecular weight excluding hydrogens is 433 g/mol. The van der Waals surface area contributed by atoms with Crippen molar-refractivity contribution in [3.05, 3.63) is 52.2 Å². The predicted molar refractivity (Wildman–Crippen MR) is 116 cm³/mol. The Kier molecular flexibility index (Phi) is 7.46. The summed E-state index contributed by atoms with van der Waals surface area (Å²) in [6.45, 7) is 2.58. The molecule has 0 saturated carbocycles. The van der Waals surface area contributed by atoms with E-state index in [0.29, 0.717) is 33.3 Å². The van der Waals surface area contributed by atoms with E-state index in [1.807, 2.05) is 12.1 Å². The van der Waals surface area contributed by atoms with Gasteiger partial charge in [0.2, 0.25) is 16.9 Å². The van der Waals surface area contributed by atoms with E-state index >= 15 is 0 Å². The number of aromatic nitrogens is 3. The van der Waals surface area contributed by atoms with Crippen molar-refractivity contribution >= 4 is 40.9 Å². The third-order valence-electron chi connectivity index (χ3n) is 4.32. The SMILES string of the molecule is CCC[C@@H](CNC(=O)CSc1nnc(-c2ccco2)n1N)c1ccc(Cl)cc1Cl. The first-order chi connectivity index (χ1) is 14.0. The lowest BCUT2D eigenvalue weighted by Crippen LogP contribution is -2.30. The Morgan fingerprint density at radius 3 is 2.86 bits per heavy atom. The number of nitrogens with two attached hydrogens (primary N) is 1. The van der Waals surface area contributed by atoms with Crippen molar-refractivity contribution in [3.8, 4) is 11.6 Å². The number of carbonyl (C=O) groups excluding carboxylic acids is 1. The van der Waals surface area contributed by atoms with Crippen LogP contribution in [0, 0.1) is 0 Å². The lowest BCUT2D eigenvalue weighted by molar-refractivity contribution is -0.118. The van der Waals surface area contributed by atoms with Gasteiger partial charge in [-0.15, -0.1) is 10.2 Å². The van der Waals surface area contributed by atoms with E-state index in [1.54, 1.807) is 18.2 Å². The smallest absolute Gasteiger partial charge is 0.230 e. The molecule has 1 atom stereocenters. The average molecular weight is 454 g/mol. The highest BCUT2D eigenvalue weighted by molar-refractivity contribution is 7.99. The molecule has 7 nitrogen and oxygen atoms in total. The maximum Gasteiger partial charge on any atom is 0.230 e. The molecule has 1 aromatic carbocycles. The fourth-order valence-electron chi connectivity index (χ4n) is 2.92. The van der Waals surface area contributed by atoms with Gasteiger partial charge in [0.15, 0.2) is 5.76 Å². The van der Waals surface area contributed by atoms with Gasteiger partial charge in [0.05, 0.1) is 12.0 Å². The van der Waals surface area contributed by atoms with E-state index in [0.717, 1.165) is 18.4 Å². The molecule has 3 rings (SSSR count). The summed E-state index contributed by atoms with van der Waals surface area (Å²) in [5.41, 5.74) is 0.982. The second-order valence-electron chi connectivity index (χ2n) is 6.40. The number of amides is 1. The first-order valence-electron chi connectivity index (χ1n) is 9.08. The van der Waals surface area contributed by atoms with Crippen LogP contribution in [-0.2, 0) is 4.79 Å². The lowest BCUT2D eigenvalue weighted by Gasteiger charge is -2.19. The van der Waals surface area contributed by atoms with Gasteiger partial charge < -0.3 is 15.6 Å². The molecule has 3 aromatic rings. The highest BCUT2D eigenvalue weighted by atomic mass is 35.5. The molecule has 0 radical (unpaired) electrons. The number of furan rings is 1. The summed E-state index contributed by atoms with van der Waals surface area (Å²) in [5.74, 6) is 7.07. The molecule has 0 aliphatic carbocycles. The Labute approximate surface area is 182 Å². The van der Waals surface area contributed by atoms with Gasteiger partial charge in [-0.05, 0) is 36.2 Å². The molecule has 0 unspecified atom stereocenters. The maximum absolute atomic E-state index is 12.3. The minimum atomic E-state index is -0.122. The highest BCUT2D eigenvalue weighted by Gasteiger charge is 2.18. The second kappa shape index (κ2) is 10.0. The molecule has 0 saturated heterocycles. The largest absolute Gasteiger partial charge is 0.461 e. The molecule has 0 aliphatic rings. The van der Waals surface area contributed by atoms with Crippen LogP contribution in [0.15, 0.2) is 46.2 Å². The molecule has 0 spiro atoms. The molecule has 0 fully saturated rings. The van der Waals surface area contributed by atoms with Crippen LogP contribution in [0.25, 0.3) is 11.6 Å². The summed E-state index contributed by atoms with van der Waals surface area (Å²) < 4.78 is 6.58. The van der Waals surface area contributed by atoms with Crippen molar-refractivity contribution in [1.82, 2.24) is 20.2 Å². The average Bonchev–Trinajstić information content (AvgIpc) is 3.33. The number of benzene rings is 1. The zero-order chi connectivity index (χ0) is 20.8. The third-order valence-corrected chi connectivity index (χ3v) is 5.83. The molecule has 1 amide bonds. The van der Waals surface area contributed by atoms with Crippen molar-refractivity contribution in [3.63, 3.8) is 0 Å². The summed E-state index contributed by atoms with van der Waals surface area (Å²) in [5, 5.41) is 12.6. The minimum Gasteiger partial charge on any atom is -0.461 e. The van der Waals surface area contributed by atoms with Crippen molar-refractivity contribution in [2.24, 2.45) is 0 Å². The van der Waals surface area contributed by atoms with E-state index in [1.165, 1.54) is 22.7 Å². The number of carbonyl (C=O) groups is 1. The van der Waals surface area contributed by atoms with E-state index in [9.17, 15) is 4.79 Å². The van der Waals surface area contributed by atoms with Crippen molar-refractivity contribution in [2.45, 2.75) is 30.8 Å². The van der Waals surface area contributed by atoms with E-state index in [4.69, 9.17) is 33.5 Å². The Bertz CT molecular complexity index is 962. The maximum atomic E-state index is 12.3. The van der Waals surface area contributed by atoms with Crippen LogP contribution < -0.4 is 11.2 Å². The number of hydrogen-bond donors (Lipinski definition) is 2. The van der Waals surface area contributed by atoms with Gasteiger partial charge in [-0.3, -0.25) is 4.79 Å². The topological polar surface area (TPSA) is 99.0 Å². The molecular formula is C19H21Cl2N5O2S. The summed E-state index contributed by atoms with van der Waals surface area (Å²) in [4.78, 5) is 12.3.